The van der Waals surface area contributed by atoms with Crippen LogP contribution in [0.4, 0.5) is 10.1 Å². The van der Waals surface area contributed by atoms with E-state index in [0.717, 1.165) is 0 Å². The molecule has 1 aromatic heterocycles. The molecule has 5 nitrogen and oxygen atoms in total. The van der Waals surface area contributed by atoms with Crippen molar-refractivity contribution in [3.63, 3.8) is 0 Å². The van der Waals surface area contributed by atoms with E-state index >= 15 is 0 Å². The molecule has 3 aromatic carbocycles. The van der Waals surface area contributed by atoms with E-state index in [1.807, 2.05) is 6.07 Å². The molecule has 6 heteroatoms. The summed E-state index contributed by atoms with van der Waals surface area (Å²) < 4.78 is 15.3. The molecule has 138 valence electrons. The molecule has 0 fully saturated rings. The fourth-order valence-corrected chi connectivity index (χ4v) is 3.11. The minimum Gasteiger partial charge on any atom is -0.322 e. The molecule has 0 aliphatic rings. The van der Waals surface area contributed by atoms with Gasteiger partial charge in [-0.3, -0.25) is 14.2 Å². The molecule has 0 saturated heterocycles. The lowest BCUT2D eigenvalue weighted by Crippen LogP contribution is -2.22. The van der Waals surface area contributed by atoms with E-state index in [4.69, 9.17) is 0 Å². The first-order chi connectivity index (χ1) is 13.5. The predicted molar refractivity (Wildman–Crippen MR) is 106 cm³/mol. The summed E-state index contributed by atoms with van der Waals surface area (Å²) in [5.74, 6) is -0.626. The van der Waals surface area contributed by atoms with Crippen molar-refractivity contribution < 1.29 is 9.18 Å². The highest BCUT2D eigenvalue weighted by Gasteiger charge is 2.13. The molecule has 0 unspecified atom stereocenters. The summed E-state index contributed by atoms with van der Waals surface area (Å²) >= 11 is 0. The third-order valence-electron chi connectivity index (χ3n) is 4.42. The van der Waals surface area contributed by atoms with Gasteiger partial charge >= 0.3 is 0 Å². The van der Waals surface area contributed by atoms with Crippen molar-refractivity contribution in [2.24, 2.45) is 0 Å². The van der Waals surface area contributed by atoms with Gasteiger partial charge in [0.05, 0.1) is 22.2 Å². The van der Waals surface area contributed by atoms with Gasteiger partial charge in [0.1, 0.15) is 11.6 Å². The number of aryl methyl sites for hydroxylation is 1. The first kappa shape index (κ1) is 17.6. The summed E-state index contributed by atoms with van der Waals surface area (Å²) in [6.45, 7) is 1.75. The first-order valence-electron chi connectivity index (χ1n) is 8.69. The molecule has 0 saturated carbocycles. The molecule has 28 heavy (non-hydrogen) atoms. The molecular formula is C22H16FN3O2. The molecule has 4 rings (SSSR count). The molecule has 0 radical (unpaired) electrons. The molecule has 0 aliphatic carbocycles. The molecule has 4 aromatic rings. The SMILES string of the molecule is Cc1nc2ccccc2c(=O)n1-c1cccc(NC(=O)c2ccccc2F)c1. The number of rotatable bonds is 3. The van der Waals surface area contributed by atoms with Gasteiger partial charge in [0.15, 0.2) is 0 Å². The van der Waals surface area contributed by atoms with E-state index in [0.29, 0.717) is 28.1 Å². The van der Waals surface area contributed by atoms with Gasteiger partial charge in [-0.25, -0.2) is 9.37 Å². The van der Waals surface area contributed by atoms with Gasteiger partial charge in [0, 0.05) is 5.69 Å². The number of carbonyl (C=O) groups excluding carboxylic acids is 1. The van der Waals surface area contributed by atoms with Gasteiger partial charge in [0.2, 0.25) is 0 Å². The van der Waals surface area contributed by atoms with Crippen molar-refractivity contribution in [2.75, 3.05) is 5.32 Å². The van der Waals surface area contributed by atoms with Gasteiger partial charge in [-0.05, 0) is 49.4 Å². The van der Waals surface area contributed by atoms with Crippen LogP contribution in [-0.2, 0) is 0 Å². The largest absolute Gasteiger partial charge is 0.322 e. The second kappa shape index (κ2) is 7.08. The molecule has 1 amide bonds. The van der Waals surface area contributed by atoms with Crippen molar-refractivity contribution in [1.82, 2.24) is 9.55 Å². The average molecular weight is 373 g/mol. The van der Waals surface area contributed by atoms with Crippen molar-refractivity contribution in [3.05, 3.63) is 100 Å². The zero-order valence-corrected chi connectivity index (χ0v) is 15.0. The number of para-hydroxylation sites is 1. The lowest BCUT2D eigenvalue weighted by molar-refractivity contribution is 0.102. The number of hydrogen-bond acceptors (Lipinski definition) is 3. The van der Waals surface area contributed by atoms with Crippen LogP contribution >= 0.6 is 0 Å². The predicted octanol–water partition coefficient (Wildman–Crippen LogP) is 4.09. The number of halogens is 1. The number of nitrogens with zero attached hydrogens (tertiary/aromatic N) is 2. The minimum atomic E-state index is -0.595. The number of hydrogen-bond donors (Lipinski definition) is 1. The van der Waals surface area contributed by atoms with Gasteiger partial charge in [0.25, 0.3) is 11.5 Å². The maximum Gasteiger partial charge on any atom is 0.265 e. The number of benzene rings is 3. The molecule has 0 spiro atoms. The Morgan fingerprint density at radius 2 is 1.75 bits per heavy atom. The maximum absolute atomic E-state index is 13.8. The smallest absolute Gasteiger partial charge is 0.265 e. The lowest BCUT2D eigenvalue weighted by atomic mass is 10.2. The fraction of sp³-hybridized carbons (Fsp3) is 0.0455. The summed E-state index contributed by atoms with van der Waals surface area (Å²) in [5, 5.41) is 3.18. The summed E-state index contributed by atoms with van der Waals surface area (Å²) in [4.78, 5) is 29.8. The van der Waals surface area contributed by atoms with E-state index in [9.17, 15) is 14.0 Å². The second-order valence-corrected chi connectivity index (χ2v) is 6.30. The van der Waals surface area contributed by atoms with E-state index in [2.05, 4.69) is 10.3 Å². The highest BCUT2D eigenvalue weighted by Crippen LogP contribution is 2.18. The number of anilines is 1. The Bertz CT molecular complexity index is 1260. The minimum absolute atomic E-state index is 0.0476. The Morgan fingerprint density at radius 1 is 1.00 bits per heavy atom. The molecular weight excluding hydrogens is 357 g/mol. The number of carbonyl (C=O) groups is 1. The number of nitrogens with one attached hydrogen (secondary N) is 1. The van der Waals surface area contributed by atoms with Crippen molar-refractivity contribution >= 4 is 22.5 Å². The van der Waals surface area contributed by atoms with Crippen LogP contribution in [0.25, 0.3) is 16.6 Å². The van der Waals surface area contributed by atoms with Gasteiger partial charge in [-0.2, -0.15) is 0 Å². The summed E-state index contributed by atoms with van der Waals surface area (Å²) in [6, 6.07) is 19.7. The topological polar surface area (TPSA) is 64.0 Å². The monoisotopic (exact) mass is 373 g/mol. The molecule has 1 N–H and O–H groups in total. The first-order valence-corrected chi connectivity index (χ1v) is 8.69. The third-order valence-corrected chi connectivity index (χ3v) is 4.42. The van der Waals surface area contributed by atoms with Crippen molar-refractivity contribution in [1.29, 1.82) is 0 Å². The van der Waals surface area contributed by atoms with Gasteiger partial charge in [-0.15, -0.1) is 0 Å². The van der Waals surface area contributed by atoms with Crippen LogP contribution in [0.15, 0.2) is 77.6 Å². The van der Waals surface area contributed by atoms with E-state index in [1.165, 1.54) is 22.8 Å². The molecule has 0 aliphatic heterocycles. The summed E-state index contributed by atoms with van der Waals surface area (Å²) in [6.07, 6.45) is 0. The Labute approximate surface area is 160 Å². The standard InChI is InChI=1S/C22H16FN3O2/c1-14-24-20-12-5-3-10-18(20)22(28)26(14)16-8-6-7-15(13-16)25-21(27)17-9-2-4-11-19(17)23/h2-13H,1H3,(H,25,27). The van der Waals surface area contributed by atoms with Crippen LogP contribution in [0, 0.1) is 12.7 Å². The van der Waals surface area contributed by atoms with Crippen LogP contribution in [0.5, 0.6) is 0 Å². The molecule has 0 bridgehead atoms. The van der Waals surface area contributed by atoms with Crippen LogP contribution < -0.4 is 10.9 Å². The Hall–Kier alpha value is -3.80. The van der Waals surface area contributed by atoms with Crippen molar-refractivity contribution in [3.8, 4) is 5.69 Å². The van der Waals surface area contributed by atoms with Gasteiger partial charge in [-0.1, -0.05) is 30.3 Å². The number of amides is 1. The normalized spacial score (nSPS) is 10.8. The highest BCUT2D eigenvalue weighted by molar-refractivity contribution is 6.04. The zero-order valence-electron chi connectivity index (χ0n) is 15.0. The van der Waals surface area contributed by atoms with E-state index in [1.54, 1.807) is 55.5 Å². The Morgan fingerprint density at radius 3 is 2.57 bits per heavy atom. The Kier molecular flexibility index (Phi) is 4.45. The van der Waals surface area contributed by atoms with Crippen LogP contribution in [0.3, 0.4) is 0 Å². The highest BCUT2D eigenvalue weighted by atomic mass is 19.1. The Balaban J connectivity index is 1.74. The van der Waals surface area contributed by atoms with Crippen LogP contribution in [0.2, 0.25) is 0 Å². The fourth-order valence-electron chi connectivity index (χ4n) is 3.11. The van der Waals surface area contributed by atoms with E-state index < -0.39 is 11.7 Å². The van der Waals surface area contributed by atoms with Crippen LogP contribution in [-0.4, -0.2) is 15.5 Å². The third kappa shape index (κ3) is 3.16. The summed E-state index contributed by atoms with van der Waals surface area (Å²) in [7, 11) is 0. The number of fused-ring (bicyclic) bond motifs is 1. The maximum atomic E-state index is 13.8. The van der Waals surface area contributed by atoms with E-state index in [-0.39, 0.29) is 11.1 Å². The van der Waals surface area contributed by atoms with Crippen LogP contribution in [0.1, 0.15) is 16.2 Å². The average Bonchev–Trinajstić information content (AvgIpc) is 2.68. The summed E-state index contributed by atoms with van der Waals surface area (Å²) in [5.41, 5.74) is 1.40. The lowest BCUT2D eigenvalue weighted by Gasteiger charge is -2.13. The zero-order chi connectivity index (χ0) is 19.7. The quantitative estimate of drug-likeness (QED) is 0.588. The van der Waals surface area contributed by atoms with Crippen molar-refractivity contribution in [2.45, 2.75) is 6.92 Å². The molecule has 1 heterocycles. The second-order valence-electron chi connectivity index (χ2n) is 6.30. The number of aromatic nitrogens is 2. The van der Waals surface area contributed by atoms with Gasteiger partial charge < -0.3 is 5.32 Å². The molecule has 0 atom stereocenters.